The van der Waals surface area contributed by atoms with Gasteiger partial charge in [0, 0.05) is 22.3 Å². The molecule has 3 nitrogen and oxygen atoms in total. The third-order valence-corrected chi connectivity index (χ3v) is 4.15. The van der Waals surface area contributed by atoms with Crippen molar-refractivity contribution in [3.8, 4) is 0 Å². The summed E-state index contributed by atoms with van der Waals surface area (Å²) in [4.78, 5) is 4.23. The molecule has 0 aliphatic carbocycles. The Hall–Kier alpha value is -1.03. The third-order valence-electron chi connectivity index (χ3n) is 3.59. The van der Waals surface area contributed by atoms with E-state index in [2.05, 4.69) is 30.3 Å². The van der Waals surface area contributed by atoms with Crippen molar-refractivity contribution >= 4 is 23.2 Å². The number of hydrogen-bond acceptors (Lipinski definition) is 2. The minimum absolute atomic E-state index is 0.0500. The standard InChI is InChI=1S/C15H19Cl2N3/c1-9(2)15(18)14-7-19-8-20(14)10(3)12-5-4-11(16)6-13(12)17/h4-10,15H,18H2,1-3H3. The molecule has 2 atom stereocenters. The lowest BCUT2D eigenvalue weighted by Gasteiger charge is -2.23. The zero-order valence-electron chi connectivity index (χ0n) is 11.8. The topological polar surface area (TPSA) is 43.8 Å². The summed E-state index contributed by atoms with van der Waals surface area (Å²) in [5, 5.41) is 1.29. The minimum Gasteiger partial charge on any atom is -0.326 e. The first-order valence-corrected chi connectivity index (χ1v) is 7.39. The van der Waals surface area contributed by atoms with Crippen molar-refractivity contribution in [1.82, 2.24) is 9.55 Å². The van der Waals surface area contributed by atoms with E-state index in [0.29, 0.717) is 16.0 Å². The molecule has 0 spiro atoms. The first-order chi connectivity index (χ1) is 9.41. The van der Waals surface area contributed by atoms with Crippen molar-refractivity contribution in [3.05, 3.63) is 52.0 Å². The summed E-state index contributed by atoms with van der Waals surface area (Å²) in [5.41, 5.74) is 8.26. The van der Waals surface area contributed by atoms with Gasteiger partial charge in [0.05, 0.1) is 18.1 Å². The van der Waals surface area contributed by atoms with E-state index in [1.54, 1.807) is 12.4 Å². The maximum atomic E-state index is 6.29. The van der Waals surface area contributed by atoms with Crippen LogP contribution in [0.25, 0.3) is 0 Å². The van der Waals surface area contributed by atoms with Gasteiger partial charge in [0.2, 0.25) is 0 Å². The third kappa shape index (κ3) is 3.00. The molecule has 0 radical (unpaired) electrons. The largest absolute Gasteiger partial charge is 0.326 e. The number of halogens is 2. The second-order valence-electron chi connectivity index (χ2n) is 5.34. The Labute approximate surface area is 129 Å². The van der Waals surface area contributed by atoms with Crippen LogP contribution in [0.4, 0.5) is 0 Å². The van der Waals surface area contributed by atoms with E-state index in [0.717, 1.165) is 11.3 Å². The molecule has 0 fully saturated rings. The lowest BCUT2D eigenvalue weighted by atomic mass is 10.0. The van der Waals surface area contributed by atoms with Crippen molar-refractivity contribution in [3.63, 3.8) is 0 Å². The molecule has 0 saturated heterocycles. The van der Waals surface area contributed by atoms with E-state index in [1.165, 1.54) is 0 Å². The predicted molar refractivity (Wildman–Crippen MR) is 84.3 cm³/mol. The highest BCUT2D eigenvalue weighted by Crippen LogP contribution is 2.31. The first kappa shape index (κ1) is 15.4. The summed E-state index contributed by atoms with van der Waals surface area (Å²) < 4.78 is 2.07. The Balaban J connectivity index is 2.39. The van der Waals surface area contributed by atoms with Crippen LogP contribution in [0.5, 0.6) is 0 Å². The fourth-order valence-electron chi connectivity index (χ4n) is 2.23. The van der Waals surface area contributed by atoms with Crippen molar-refractivity contribution in [2.45, 2.75) is 32.9 Å². The second kappa shape index (κ2) is 6.17. The van der Waals surface area contributed by atoms with Gasteiger partial charge in [-0.25, -0.2) is 4.98 Å². The molecular formula is C15H19Cl2N3. The summed E-state index contributed by atoms with van der Waals surface area (Å²) >= 11 is 12.2. The van der Waals surface area contributed by atoms with Gasteiger partial charge in [-0.3, -0.25) is 0 Å². The van der Waals surface area contributed by atoms with Crippen LogP contribution in [0.15, 0.2) is 30.7 Å². The number of nitrogens with two attached hydrogens (primary N) is 1. The van der Waals surface area contributed by atoms with Gasteiger partial charge in [0.1, 0.15) is 0 Å². The molecule has 0 aliphatic heterocycles. The second-order valence-corrected chi connectivity index (χ2v) is 6.18. The molecule has 1 aromatic heterocycles. The normalized spacial score (nSPS) is 14.6. The van der Waals surface area contributed by atoms with E-state index in [1.807, 2.05) is 18.3 Å². The molecular weight excluding hydrogens is 293 g/mol. The fraction of sp³-hybridized carbons (Fsp3) is 0.400. The van der Waals surface area contributed by atoms with Gasteiger partial charge in [-0.2, -0.15) is 0 Å². The Morgan fingerprint density at radius 3 is 2.50 bits per heavy atom. The van der Waals surface area contributed by atoms with Crippen molar-refractivity contribution in [2.24, 2.45) is 11.7 Å². The molecule has 2 N–H and O–H groups in total. The van der Waals surface area contributed by atoms with Gasteiger partial charge in [-0.1, -0.05) is 43.1 Å². The monoisotopic (exact) mass is 311 g/mol. The molecule has 1 heterocycles. The molecule has 0 amide bonds. The number of aromatic nitrogens is 2. The van der Waals surface area contributed by atoms with Crippen LogP contribution in [-0.4, -0.2) is 9.55 Å². The summed E-state index contributed by atoms with van der Waals surface area (Å²) in [6.45, 7) is 6.28. The molecule has 0 aliphatic rings. The average Bonchev–Trinajstić information content (AvgIpc) is 2.86. The summed E-state index contributed by atoms with van der Waals surface area (Å²) in [6, 6.07) is 5.56. The lowest BCUT2D eigenvalue weighted by Crippen LogP contribution is -2.22. The Morgan fingerprint density at radius 1 is 1.20 bits per heavy atom. The van der Waals surface area contributed by atoms with Gasteiger partial charge in [-0.15, -0.1) is 0 Å². The fourth-order valence-corrected chi connectivity index (χ4v) is 2.79. The van der Waals surface area contributed by atoms with Crippen molar-refractivity contribution < 1.29 is 0 Å². The minimum atomic E-state index is -0.0500. The molecule has 2 unspecified atom stereocenters. The Bertz CT molecular complexity index is 593. The van der Waals surface area contributed by atoms with Crippen LogP contribution in [0, 0.1) is 5.92 Å². The maximum absolute atomic E-state index is 6.29. The zero-order chi connectivity index (χ0) is 14.9. The lowest BCUT2D eigenvalue weighted by molar-refractivity contribution is 0.468. The van der Waals surface area contributed by atoms with Gasteiger partial charge in [-0.05, 0) is 30.5 Å². The molecule has 20 heavy (non-hydrogen) atoms. The number of hydrogen-bond donors (Lipinski definition) is 1. The van der Waals surface area contributed by atoms with Crippen LogP contribution in [0.1, 0.15) is 44.1 Å². The van der Waals surface area contributed by atoms with E-state index >= 15 is 0 Å². The zero-order valence-corrected chi connectivity index (χ0v) is 13.4. The predicted octanol–water partition coefficient (Wildman–Crippen LogP) is 4.46. The van der Waals surface area contributed by atoms with Gasteiger partial charge < -0.3 is 10.3 Å². The van der Waals surface area contributed by atoms with Crippen LogP contribution < -0.4 is 5.73 Å². The maximum Gasteiger partial charge on any atom is 0.0954 e. The molecule has 1 aromatic carbocycles. The number of nitrogens with zero attached hydrogens (tertiary/aromatic N) is 2. The quantitative estimate of drug-likeness (QED) is 0.906. The Morgan fingerprint density at radius 2 is 1.90 bits per heavy atom. The van der Waals surface area contributed by atoms with E-state index < -0.39 is 0 Å². The van der Waals surface area contributed by atoms with Crippen LogP contribution in [0.2, 0.25) is 10.0 Å². The van der Waals surface area contributed by atoms with Crippen LogP contribution in [-0.2, 0) is 0 Å². The highest BCUT2D eigenvalue weighted by atomic mass is 35.5. The number of benzene rings is 1. The molecule has 2 aromatic rings. The Kier molecular flexibility index (Phi) is 4.74. The van der Waals surface area contributed by atoms with Gasteiger partial charge in [0.25, 0.3) is 0 Å². The highest BCUT2D eigenvalue weighted by Gasteiger charge is 2.20. The number of rotatable bonds is 4. The molecule has 0 saturated carbocycles. The van der Waals surface area contributed by atoms with E-state index in [4.69, 9.17) is 28.9 Å². The van der Waals surface area contributed by atoms with Crippen LogP contribution in [0.3, 0.4) is 0 Å². The first-order valence-electron chi connectivity index (χ1n) is 6.64. The number of imidazole rings is 1. The molecule has 108 valence electrons. The van der Waals surface area contributed by atoms with Crippen molar-refractivity contribution in [2.75, 3.05) is 0 Å². The summed E-state index contributed by atoms with van der Waals surface area (Å²) in [7, 11) is 0. The van der Waals surface area contributed by atoms with Crippen LogP contribution >= 0.6 is 23.2 Å². The van der Waals surface area contributed by atoms with E-state index in [-0.39, 0.29) is 12.1 Å². The highest BCUT2D eigenvalue weighted by molar-refractivity contribution is 6.35. The molecule has 0 bridgehead atoms. The molecule has 2 rings (SSSR count). The summed E-state index contributed by atoms with van der Waals surface area (Å²) in [5.74, 6) is 0.346. The SMILES string of the molecule is CC(C)C(N)c1cncn1C(C)c1ccc(Cl)cc1Cl. The van der Waals surface area contributed by atoms with Crippen molar-refractivity contribution in [1.29, 1.82) is 0 Å². The summed E-state index contributed by atoms with van der Waals surface area (Å²) in [6.07, 6.45) is 3.62. The van der Waals surface area contributed by atoms with Gasteiger partial charge in [0.15, 0.2) is 0 Å². The smallest absolute Gasteiger partial charge is 0.0954 e. The van der Waals surface area contributed by atoms with Gasteiger partial charge >= 0.3 is 0 Å². The average molecular weight is 312 g/mol. The molecule has 5 heteroatoms. The van der Waals surface area contributed by atoms with E-state index in [9.17, 15) is 0 Å².